The number of thioether (sulfide) groups is 1. The van der Waals surface area contributed by atoms with Gasteiger partial charge in [0, 0.05) is 24.2 Å². The third kappa shape index (κ3) is 4.29. The number of aryl methyl sites for hydroxylation is 3. The van der Waals surface area contributed by atoms with Gasteiger partial charge >= 0.3 is 0 Å². The quantitative estimate of drug-likeness (QED) is 0.823. The van der Waals surface area contributed by atoms with Gasteiger partial charge in [-0.2, -0.15) is 0 Å². The predicted octanol–water partition coefficient (Wildman–Crippen LogP) is 3.84. The minimum absolute atomic E-state index is 0.336. The number of benzene rings is 1. The van der Waals surface area contributed by atoms with Crippen molar-refractivity contribution in [2.75, 3.05) is 12.3 Å². The van der Waals surface area contributed by atoms with Gasteiger partial charge in [0.05, 0.1) is 6.20 Å². The lowest BCUT2D eigenvalue weighted by atomic mass is 9.95. The van der Waals surface area contributed by atoms with Crippen molar-refractivity contribution in [2.24, 2.45) is 0 Å². The first-order chi connectivity index (χ1) is 10.1. The Labute approximate surface area is 131 Å². The second-order valence-corrected chi connectivity index (χ2v) is 6.32. The van der Waals surface area contributed by atoms with Crippen molar-refractivity contribution in [1.29, 1.82) is 0 Å². The van der Waals surface area contributed by atoms with Gasteiger partial charge in [-0.05, 0) is 44.0 Å². The zero-order valence-electron chi connectivity index (χ0n) is 13.2. The molecule has 1 aromatic carbocycles. The van der Waals surface area contributed by atoms with E-state index in [-0.39, 0.29) is 0 Å². The molecule has 1 heterocycles. The highest BCUT2D eigenvalue weighted by Gasteiger charge is 2.16. The minimum Gasteiger partial charge on any atom is -0.309 e. The molecule has 3 nitrogen and oxygen atoms in total. The molecule has 1 N–H and O–H groups in total. The molecular weight excluding hydrogens is 278 g/mol. The van der Waals surface area contributed by atoms with Crippen molar-refractivity contribution < 1.29 is 0 Å². The summed E-state index contributed by atoms with van der Waals surface area (Å²) in [6.07, 6.45) is 5.27. The summed E-state index contributed by atoms with van der Waals surface area (Å²) in [4.78, 5) is 8.46. The maximum atomic E-state index is 4.34. The van der Waals surface area contributed by atoms with E-state index in [4.69, 9.17) is 0 Å². The molecule has 0 aliphatic rings. The Morgan fingerprint density at radius 3 is 2.43 bits per heavy atom. The molecule has 0 saturated heterocycles. The molecule has 1 atom stereocenters. The van der Waals surface area contributed by atoms with E-state index in [9.17, 15) is 0 Å². The molecule has 1 unspecified atom stereocenters. The number of nitrogens with one attached hydrogen (secondary N) is 1. The van der Waals surface area contributed by atoms with Crippen LogP contribution in [0.2, 0.25) is 0 Å². The molecule has 0 aliphatic carbocycles. The van der Waals surface area contributed by atoms with Crippen LogP contribution in [0.3, 0.4) is 0 Å². The number of aromatic nitrogens is 2. The van der Waals surface area contributed by atoms with E-state index in [1.165, 1.54) is 22.3 Å². The van der Waals surface area contributed by atoms with Gasteiger partial charge in [0.15, 0.2) is 0 Å². The van der Waals surface area contributed by atoms with Gasteiger partial charge in [-0.3, -0.25) is 4.98 Å². The van der Waals surface area contributed by atoms with Crippen molar-refractivity contribution in [1.82, 2.24) is 15.3 Å². The van der Waals surface area contributed by atoms with Crippen molar-refractivity contribution in [3.8, 4) is 0 Å². The SMILES string of the molecule is CCNC(CSc1cnccn1)c1c(C)cc(C)cc1C. The molecule has 0 fully saturated rings. The fraction of sp³-hybridized carbons (Fsp3) is 0.412. The molecule has 0 spiro atoms. The number of hydrogen-bond acceptors (Lipinski definition) is 4. The van der Waals surface area contributed by atoms with Gasteiger partial charge in [0.1, 0.15) is 5.03 Å². The largest absolute Gasteiger partial charge is 0.309 e. The van der Waals surface area contributed by atoms with Crippen LogP contribution in [-0.4, -0.2) is 22.3 Å². The summed E-state index contributed by atoms with van der Waals surface area (Å²) in [5.41, 5.74) is 5.46. The van der Waals surface area contributed by atoms with Gasteiger partial charge in [0.2, 0.25) is 0 Å². The molecule has 0 saturated carbocycles. The first-order valence-corrected chi connectivity index (χ1v) is 8.30. The van der Waals surface area contributed by atoms with Crippen LogP contribution in [0.4, 0.5) is 0 Å². The normalized spacial score (nSPS) is 12.4. The van der Waals surface area contributed by atoms with E-state index in [0.29, 0.717) is 6.04 Å². The molecule has 2 rings (SSSR count). The molecular formula is C17H23N3S. The Morgan fingerprint density at radius 2 is 1.86 bits per heavy atom. The Morgan fingerprint density at radius 1 is 1.14 bits per heavy atom. The maximum absolute atomic E-state index is 4.34. The molecule has 112 valence electrons. The average Bonchev–Trinajstić information content (AvgIpc) is 2.45. The van der Waals surface area contributed by atoms with Gasteiger partial charge in [-0.25, -0.2) is 4.98 Å². The van der Waals surface area contributed by atoms with Crippen LogP contribution < -0.4 is 5.32 Å². The van der Waals surface area contributed by atoms with Gasteiger partial charge in [-0.15, -0.1) is 11.8 Å². The molecule has 21 heavy (non-hydrogen) atoms. The second-order valence-electron chi connectivity index (χ2n) is 5.28. The van der Waals surface area contributed by atoms with Crippen molar-refractivity contribution in [2.45, 2.75) is 38.8 Å². The summed E-state index contributed by atoms with van der Waals surface area (Å²) in [5.74, 6) is 0.956. The first kappa shape index (κ1) is 16.0. The van der Waals surface area contributed by atoms with E-state index in [1.807, 2.05) is 6.20 Å². The van der Waals surface area contributed by atoms with Crippen LogP contribution in [0.25, 0.3) is 0 Å². The zero-order valence-corrected chi connectivity index (χ0v) is 14.0. The molecule has 1 aromatic heterocycles. The van der Waals surface area contributed by atoms with E-state index in [2.05, 4.69) is 55.1 Å². The first-order valence-electron chi connectivity index (χ1n) is 7.31. The summed E-state index contributed by atoms with van der Waals surface area (Å²) in [6.45, 7) is 9.66. The second kappa shape index (κ2) is 7.57. The smallest absolute Gasteiger partial charge is 0.114 e. The highest BCUT2D eigenvalue weighted by Crippen LogP contribution is 2.28. The molecule has 0 aliphatic heterocycles. The summed E-state index contributed by atoms with van der Waals surface area (Å²) >= 11 is 1.75. The Kier molecular flexibility index (Phi) is 5.76. The van der Waals surface area contributed by atoms with E-state index in [1.54, 1.807) is 24.2 Å². The summed E-state index contributed by atoms with van der Waals surface area (Å²) in [5, 5.41) is 4.58. The highest BCUT2D eigenvalue weighted by atomic mass is 32.2. The van der Waals surface area contributed by atoms with E-state index < -0.39 is 0 Å². The summed E-state index contributed by atoms with van der Waals surface area (Å²) < 4.78 is 0. The zero-order chi connectivity index (χ0) is 15.2. The molecule has 4 heteroatoms. The number of nitrogens with zero attached hydrogens (tertiary/aromatic N) is 2. The van der Waals surface area contributed by atoms with Crippen molar-refractivity contribution in [3.63, 3.8) is 0 Å². The predicted molar refractivity (Wildman–Crippen MR) is 89.8 cm³/mol. The number of hydrogen-bond donors (Lipinski definition) is 1. The fourth-order valence-corrected chi connectivity index (χ4v) is 3.65. The summed E-state index contributed by atoms with van der Waals surface area (Å²) in [6, 6.07) is 4.86. The van der Waals surface area contributed by atoms with Crippen molar-refractivity contribution >= 4 is 11.8 Å². The van der Waals surface area contributed by atoms with Gasteiger partial charge < -0.3 is 5.32 Å². The summed E-state index contributed by atoms with van der Waals surface area (Å²) in [7, 11) is 0. The van der Waals surface area contributed by atoms with Gasteiger partial charge in [-0.1, -0.05) is 24.6 Å². The lowest BCUT2D eigenvalue weighted by molar-refractivity contribution is 0.600. The standard InChI is InChI=1S/C17H23N3S/c1-5-19-15(11-21-16-10-18-6-7-20-16)17-13(3)8-12(2)9-14(17)4/h6-10,15,19H,5,11H2,1-4H3. The maximum Gasteiger partial charge on any atom is 0.114 e. The van der Waals surface area contributed by atoms with Crippen LogP contribution in [-0.2, 0) is 0 Å². The van der Waals surface area contributed by atoms with Crippen LogP contribution in [0.1, 0.15) is 35.2 Å². The molecule has 0 bridgehead atoms. The monoisotopic (exact) mass is 301 g/mol. The Balaban J connectivity index is 2.19. The third-order valence-corrected chi connectivity index (χ3v) is 4.48. The van der Waals surface area contributed by atoms with Crippen LogP contribution in [0, 0.1) is 20.8 Å². The van der Waals surface area contributed by atoms with E-state index in [0.717, 1.165) is 17.3 Å². The molecule has 2 aromatic rings. The number of rotatable bonds is 6. The highest BCUT2D eigenvalue weighted by molar-refractivity contribution is 7.99. The topological polar surface area (TPSA) is 37.8 Å². The Hall–Kier alpha value is -1.39. The van der Waals surface area contributed by atoms with Crippen molar-refractivity contribution in [3.05, 3.63) is 53.0 Å². The minimum atomic E-state index is 0.336. The average molecular weight is 301 g/mol. The van der Waals surface area contributed by atoms with Gasteiger partial charge in [0.25, 0.3) is 0 Å². The van der Waals surface area contributed by atoms with Crippen LogP contribution >= 0.6 is 11.8 Å². The fourth-order valence-electron chi connectivity index (χ4n) is 2.76. The Bertz CT molecular complexity index is 561. The van der Waals surface area contributed by atoms with Crippen LogP contribution in [0.15, 0.2) is 35.7 Å². The lowest BCUT2D eigenvalue weighted by Crippen LogP contribution is -2.24. The van der Waals surface area contributed by atoms with Crippen LogP contribution in [0.5, 0.6) is 0 Å². The van der Waals surface area contributed by atoms with E-state index >= 15 is 0 Å². The third-order valence-electron chi connectivity index (χ3n) is 3.47. The lowest BCUT2D eigenvalue weighted by Gasteiger charge is -2.22. The molecule has 0 radical (unpaired) electrons. The molecule has 0 amide bonds.